The normalized spacial score (nSPS) is 24.8. The van der Waals surface area contributed by atoms with E-state index >= 15 is 0 Å². The minimum atomic E-state index is 0.453. The molecule has 2 unspecified atom stereocenters. The van der Waals surface area contributed by atoms with Crippen LogP contribution in [0.5, 0.6) is 0 Å². The summed E-state index contributed by atoms with van der Waals surface area (Å²) in [5.74, 6) is 0.805. The van der Waals surface area contributed by atoms with Gasteiger partial charge in [0.25, 0.3) is 0 Å². The lowest BCUT2D eigenvalue weighted by Gasteiger charge is -2.33. The predicted molar refractivity (Wildman–Crippen MR) is 94.1 cm³/mol. The van der Waals surface area contributed by atoms with Gasteiger partial charge >= 0.3 is 0 Å². The molecule has 0 aliphatic heterocycles. The fourth-order valence-electron chi connectivity index (χ4n) is 3.70. The van der Waals surface area contributed by atoms with Crippen LogP contribution in [0.3, 0.4) is 0 Å². The topological polar surface area (TPSA) is 15.3 Å². The second kappa shape index (κ2) is 7.75. The zero-order valence-corrected chi connectivity index (χ0v) is 15.0. The Balaban J connectivity index is 1.82. The zero-order chi connectivity index (χ0) is 15.3. The summed E-state index contributed by atoms with van der Waals surface area (Å²) in [6.07, 6.45) is 5.15. The van der Waals surface area contributed by atoms with E-state index in [0.29, 0.717) is 11.5 Å². The summed E-state index contributed by atoms with van der Waals surface area (Å²) in [4.78, 5) is 4.04. The molecule has 2 nitrogen and oxygen atoms in total. The largest absolute Gasteiger partial charge is 0.313 e. The van der Waals surface area contributed by atoms with Gasteiger partial charge in [-0.2, -0.15) is 0 Å². The van der Waals surface area contributed by atoms with Gasteiger partial charge in [-0.25, -0.2) is 0 Å². The van der Waals surface area contributed by atoms with Crippen molar-refractivity contribution in [1.29, 1.82) is 0 Å². The Morgan fingerprint density at radius 1 is 1.43 bits per heavy atom. The highest BCUT2D eigenvalue weighted by Crippen LogP contribution is 2.41. The summed E-state index contributed by atoms with van der Waals surface area (Å²) in [5, 5.41) is 6.00. The summed E-state index contributed by atoms with van der Waals surface area (Å²) in [6, 6.07) is 5.09. The minimum Gasteiger partial charge on any atom is -0.313 e. The van der Waals surface area contributed by atoms with Crippen molar-refractivity contribution in [2.45, 2.75) is 52.5 Å². The Bertz CT molecular complexity index is 399. The minimum absolute atomic E-state index is 0.453. The lowest BCUT2D eigenvalue weighted by Crippen LogP contribution is -2.45. The average molecular weight is 309 g/mol. The third kappa shape index (κ3) is 4.80. The van der Waals surface area contributed by atoms with Gasteiger partial charge in [0.05, 0.1) is 0 Å². The van der Waals surface area contributed by atoms with E-state index in [2.05, 4.69) is 55.5 Å². The molecule has 1 N–H and O–H groups in total. The summed E-state index contributed by atoms with van der Waals surface area (Å²) < 4.78 is 0. The molecule has 1 aliphatic carbocycles. The van der Waals surface area contributed by atoms with Gasteiger partial charge in [-0.1, -0.05) is 26.8 Å². The first-order chi connectivity index (χ1) is 10.0. The van der Waals surface area contributed by atoms with E-state index in [4.69, 9.17) is 0 Å². The highest BCUT2D eigenvalue weighted by atomic mass is 32.1. The molecule has 120 valence electrons. The van der Waals surface area contributed by atoms with E-state index in [1.54, 1.807) is 0 Å². The number of nitrogens with one attached hydrogen (secondary N) is 1. The predicted octanol–water partition coefficient (Wildman–Crippen LogP) is 4.03. The van der Waals surface area contributed by atoms with Crippen molar-refractivity contribution in [1.82, 2.24) is 10.2 Å². The van der Waals surface area contributed by atoms with Gasteiger partial charge in [-0.3, -0.25) is 0 Å². The zero-order valence-electron chi connectivity index (χ0n) is 14.2. The number of hydrogen-bond acceptors (Lipinski definition) is 3. The van der Waals surface area contributed by atoms with E-state index < -0.39 is 0 Å². The molecule has 1 aliphatic rings. The van der Waals surface area contributed by atoms with Crippen LogP contribution in [0.1, 0.15) is 44.9 Å². The van der Waals surface area contributed by atoms with E-state index in [9.17, 15) is 0 Å². The number of thiophene rings is 1. The summed E-state index contributed by atoms with van der Waals surface area (Å²) in [5.41, 5.74) is 0.453. The Labute approximate surface area is 134 Å². The van der Waals surface area contributed by atoms with Crippen LogP contribution in [-0.2, 0) is 6.42 Å². The molecule has 2 rings (SSSR count). The van der Waals surface area contributed by atoms with Gasteiger partial charge in [0.15, 0.2) is 0 Å². The maximum atomic E-state index is 3.82. The summed E-state index contributed by atoms with van der Waals surface area (Å²) in [7, 11) is 2.29. The molecule has 0 spiro atoms. The molecule has 21 heavy (non-hydrogen) atoms. The molecule has 0 bridgehead atoms. The van der Waals surface area contributed by atoms with E-state index in [-0.39, 0.29) is 0 Å². The first-order valence-electron chi connectivity index (χ1n) is 8.47. The lowest BCUT2D eigenvalue weighted by molar-refractivity contribution is 0.204. The van der Waals surface area contributed by atoms with Crippen molar-refractivity contribution in [2.75, 3.05) is 26.7 Å². The van der Waals surface area contributed by atoms with E-state index in [1.807, 2.05) is 11.3 Å². The maximum absolute atomic E-state index is 3.82. The highest BCUT2D eigenvalue weighted by molar-refractivity contribution is 7.09. The average Bonchev–Trinajstić information content (AvgIpc) is 3.04. The van der Waals surface area contributed by atoms with Crippen molar-refractivity contribution in [3.8, 4) is 0 Å². The number of rotatable bonds is 8. The standard InChI is InChI=1S/C18H32N2S/c1-5-11-19-17-15(8-10-18(17,2)3)14-20(4)12-9-16-7-6-13-21-16/h6-7,13,15,17,19H,5,8-12,14H2,1-4H3. The van der Waals surface area contributed by atoms with E-state index in [1.165, 1.54) is 43.6 Å². The Morgan fingerprint density at radius 2 is 2.24 bits per heavy atom. The van der Waals surface area contributed by atoms with Crippen LogP contribution in [-0.4, -0.2) is 37.6 Å². The van der Waals surface area contributed by atoms with Crippen molar-refractivity contribution >= 4 is 11.3 Å². The third-order valence-corrected chi connectivity index (χ3v) is 5.89. The van der Waals surface area contributed by atoms with Gasteiger partial charge in [0.1, 0.15) is 0 Å². The van der Waals surface area contributed by atoms with Gasteiger partial charge in [-0.05, 0) is 62.1 Å². The van der Waals surface area contributed by atoms with Crippen LogP contribution >= 0.6 is 11.3 Å². The molecule has 1 saturated carbocycles. The van der Waals surface area contributed by atoms with Crippen LogP contribution in [0.4, 0.5) is 0 Å². The van der Waals surface area contributed by atoms with Crippen LogP contribution in [0, 0.1) is 11.3 Å². The maximum Gasteiger partial charge on any atom is 0.0159 e. The van der Waals surface area contributed by atoms with Crippen LogP contribution in [0.25, 0.3) is 0 Å². The van der Waals surface area contributed by atoms with Crippen LogP contribution in [0.2, 0.25) is 0 Å². The molecule has 0 amide bonds. The van der Waals surface area contributed by atoms with Gasteiger partial charge in [-0.15, -0.1) is 11.3 Å². The monoisotopic (exact) mass is 308 g/mol. The number of nitrogens with zero attached hydrogens (tertiary/aromatic N) is 1. The molecule has 1 aromatic rings. The second-order valence-corrected chi connectivity index (χ2v) is 8.34. The molecular weight excluding hydrogens is 276 g/mol. The molecule has 0 radical (unpaired) electrons. The lowest BCUT2D eigenvalue weighted by atomic mass is 9.84. The van der Waals surface area contributed by atoms with Gasteiger partial charge in [0, 0.05) is 24.0 Å². The summed E-state index contributed by atoms with van der Waals surface area (Å²) in [6.45, 7) is 10.7. The number of likely N-dealkylation sites (N-methyl/N-ethyl adjacent to an activating group) is 1. The smallest absolute Gasteiger partial charge is 0.0159 e. The van der Waals surface area contributed by atoms with E-state index in [0.717, 1.165) is 12.5 Å². The SMILES string of the molecule is CCCNC1C(CN(C)CCc2cccs2)CCC1(C)C. The van der Waals surface area contributed by atoms with Crippen molar-refractivity contribution in [3.63, 3.8) is 0 Å². The van der Waals surface area contributed by atoms with Gasteiger partial charge < -0.3 is 10.2 Å². The van der Waals surface area contributed by atoms with Crippen molar-refractivity contribution in [3.05, 3.63) is 22.4 Å². The quantitative estimate of drug-likeness (QED) is 0.780. The fraction of sp³-hybridized carbons (Fsp3) is 0.778. The summed E-state index contributed by atoms with van der Waals surface area (Å²) >= 11 is 1.88. The second-order valence-electron chi connectivity index (χ2n) is 7.31. The first-order valence-corrected chi connectivity index (χ1v) is 9.35. The van der Waals surface area contributed by atoms with Crippen LogP contribution < -0.4 is 5.32 Å². The molecule has 3 heteroatoms. The Morgan fingerprint density at radius 3 is 2.90 bits per heavy atom. The van der Waals surface area contributed by atoms with Crippen molar-refractivity contribution in [2.24, 2.45) is 11.3 Å². The molecule has 0 aromatic carbocycles. The third-order valence-electron chi connectivity index (χ3n) is 4.95. The number of hydrogen-bond donors (Lipinski definition) is 1. The Kier molecular flexibility index (Phi) is 6.27. The first kappa shape index (κ1) is 17.0. The van der Waals surface area contributed by atoms with Crippen LogP contribution in [0.15, 0.2) is 17.5 Å². The molecule has 0 saturated heterocycles. The fourth-order valence-corrected chi connectivity index (χ4v) is 4.40. The molecular formula is C18H32N2S. The van der Waals surface area contributed by atoms with Gasteiger partial charge in [0.2, 0.25) is 0 Å². The molecule has 1 heterocycles. The molecule has 1 aromatic heterocycles. The van der Waals surface area contributed by atoms with Crippen molar-refractivity contribution < 1.29 is 0 Å². The molecule has 2 atom stereocenters. The Hall–Kier alpha value is -0.380. The highest BCUT2D eigenvalue weighted by Gasteiger charge is 2.41. The molecule has 1 fully saturated rings.